The lowest BCUT2D eigenvalue weighted by molar-refractivity contribution is -0.123. The fourth-order valence-electron chi connectivity index (χ4n) is 1.88. The number of rotatable bonds is 3. The van der Waals surface area contributed by atoms with Crippen molar-refractivity contribution in [2.45, 2.75) is 34.1 Å². The zero-order valence-electron chi connectivity index (χ0n) is 12.5. The van der Waals surface area contributed by atoms with Crippen molar-refractivity contribution in [2.75, 3.05) is 10.6 Å². The molecule has 0 saturated heterocycles. The van der Waals surface area contributed by atoms with Crippen LogP contribution in [0.5, 0.6) is 0 Å². The first-order valence-corrected chi connectivity index (χ1v) is 7.00. The average molecular weight is 274 g/mol. The molecule has 0 bridgehead atoms. The second kappa shape index (κ2) is 5.27. The van der Waals surface area contributed by atoms with Gasteiger partial charge in [0.25, 0.3) is 0 Å². The molecular formula is C16H22N2O2. The Morgan fingerprint density at radius 1 is 1.05 bits per heavy atom. The van der Waals surface area contributed by atoms with Crippen LogP contribution in [0, 0.1) is 17.3 Å². The predicted octanol–water partition coefficient (Wildman–Crippen LogP) is 3.27. The van der Waals surface area contributed by atoms with Crippen molar-refractivity contribution < 1.29 is 9.59 Å². The average Bonchev–Trinajstić information content (AvgIpc) is 3.08. The minimum absolute atomic E-state index is 0.0268. The van der Waals surface area contributed by atoms with Gasteiger partial charge in [-0.15, -0.1) is 0 Å². The highest BCUT2D eigenvalue weighted by molar-refractivity contribution is 5.96. The lowest BCUT2D eigenvalue weighted by Crippen LogP contribution is -2.27. The fraction of sp³-hybridized carbons (Fsp3) is 0.500. The largest absolute Gasteiger partial charge is 0.326 e. The maximum Gasteiger partial charge on any atom is 0.229 e. The summed E-state index contributed by atoms with van der Waals surface area (Å²) in [5, 5.41) is 5.75. The summed E-state index contributed by atoms with van der Waals surface area (Å²) in [5.74, 6) is 0.723. The summed E-state index contributed by atoms with van der Waals surface area (Å²) in [4.78, 5) is 23.6. The topological polar surface area (TPSA) is 58.2 Å². The van der Waals surface area contributed by atoms with E-state index in [1.54, 1.807) is 12.1 Å². The number of nitrogens with one attached hydrogen (secondary N) is 2. The van der Waals surface area contributed by atoms with Gasteiger partial charge in [0, 0.05) is 22.7 Å². The molecule has 2 atom stereocenters. The van der Waals surface area contributed by atoms with Crippen molar-refractivity contribution in [3.05, 3.63) is 24.3 Å². The Morgan fingerprint density at radius 3 is 1.90 bits per heavy atom. The van der Waals surface area contributed by atoms with Gasteiger partial charge in [-0.25, -0.2) is 0 Å². The second-order valence-corrected chi connectivity index (χ2v) is 6.59. The molecular weight excluding hydrogens is 252 g/mol. The molecule has 1 aromatic rings. The standard InChI is InChI=1S/C16H22N2O2/c1-10-9-13(10)14(19)17-11-5-7-12(8-6-11)18-15(20)16(2,3)4/h5-8,10,13H,9H2,1-4H3,(H,17,19)(H,18,20)/t10-,13-/m1/s1. The third-order valence-corrected chi connectivity index (χ3v) is 3.54. The van der Waals surface area contributed by atoms with Crippen molar-refractivity contribution in [3.63, 3.8) is 0 Å². The first kappa shape index (κ1) is 14.6. The molecule has 0 radical (unpaired) electrons. The van der Waals surface area contributed by atoms with E-state index in [-0.39, 0.29) is 17.7 Å². The number of carbonyl (C=O) groups is 2. The Labute approximate surface area is 119 Å². The van der Waals surface area contributed by atoms with Crippen LogP contribution in [0.15, 0.2) is 24.3 Å². The SMILES string of the molecule is C[C@@H]1C[C@H]1C(=O)Nc1ccc(NC(=O)C(C)(C)C)cc1. The van der Waals surface area contributed by atoms with Crippen LogP contribution >= 0.6 is 0 Å². The molecule has 0 heterocycles. The third-order valence-electron chi connectivity index (χ3n) is 3.54. The van der Waals surface area contributed by atoms with Gasteiger partial charge in [0.15, 0.2) is 0 Å². The first-order chi connectivity index (χ1) is 9.27. The van der Waals surface area contributed by atoms with E-state index >= 15 is 0 Å². The Bertz CT molecular complexity index is 514. The highest BCUT2D eigenvalue weighted by Gasteiger charge is 2.39. The molecule has 4 heteroatoms. The Kier molecular flexibility index (Phi) is 3.84. The Morgan fingerprint density at radius 2 is 1.50 bits per heavy atom. The molecule has 0 spiro atoms. The highest BCUT2D eigenvalue weighted by atomic mass is 16.2. The maximum atomic E-state index is 11.8. The molecule has 1 aliphatic carbocycles. The molecule has 20 heavy (non-hydrogen) atoms. The number of hydrogen-bond donors (Lipinski definition) is 2. The second-order valence-electron chi connectivity index (χ2n) is 6.59. The van der Waals surface area contributed by atoms with Crippen LogP contribution in [-0.4, -0.2) is 11.8 Å². The van der Waals surface area contributed by atoms with Crippen molar-refractivity contribution in [2.24, 2.45) is 17.3 Å². The smallest absolute Gasteiger partial charge is 0.229 e. The third kappa shape index (κ3) is 3.59. The van der Waals surface area contributed by atoms with E-state index < -0.39 is 5.41 Å². The van der Waals surface area contributed by atoms with Crippen molar-refractivity contribution >= 4 is 23.2 Å². The lowest BCUT2D eigenvalue weighted by atomic mass is 9.95. The highest BCUT2D eigenvalue weighted by Crippen LogP contribution is 2.38. The van der Waals surface area contributed by atoms with E-state index in [4.69, 9.17) is 0 Å². The van der Waals surface area contributed by atoms with Crippen LogP contribution in [0.4, 0.5) is 11.4 Å². The summed E-state index contributed by atoms with van der Waals surface area (Å²) in [7, 11) is 0. The van der Waals surface area contributed by atoms with Crippen molar-refractivity contribution in [1.29, 1.82) is 0 Å². The zero-order valence-corrected chi connectivity index (χ0v) is 12.5. The molecule has 2 amide bonds. The van der Waals surface area contributed by atoms with Gasteiger partial charge < -0.3 is 10.6 Å². The Balaban J connectivity index is 1.93. The number of benzene rings is 1. The first-order valence-electron chi connectivity index (χ1n) is 7.00. The van der Waals surface area contributed by atoms with Crippen LogP contribution in [0.3, 0.4) is 0 Å². The number of amides is 2. The van der Waals surface area contributed by atoms with Crippen LogP contribution in [0.25, 0.3) is 0 Å². The van der Waals surface area contributed by atoms with Crippen LogP contribution in [0.1, 0.15) is 34.1 Å². The summed E-state index contributed by atoms with van der Waals surface area (Å²) in [6.07, 6.45) is 0.978. The maximum absolute atomic E-state index is 11.8. The van der Waals surface area contributed by atoms with E-state index in [1.807, 2.05) is 32.9 Å². The van der Waals surface area contributed by atoms with E-state index in [0.29, 0.717) is 5.92 Å². The van der Waals surface area contributed by atoms with Gasteiger partial charge in [0.2, 0.25) is 11.8 Å². The minimum Gasteiger partial charge on any atom is -0.326 e. The fourth-order valence-corrected chi connectivity index (χ4v) is 1.88. The molecule has 1 fully saturated rings. The number of carbonyl (C=O) groups excluding carboxylic acids is 2. The molecule has 0 unspecified atom stereocenters. The van der Waals surface area contributed by atoms with Crippen LogP contribution < -0.4 is 10.6 Å². The summed E-state index contributed by atoms with van der Waals surface area (Å²) in [6, 6.07) is 7.22. The van der Waals surface area contributed by atoms with Gasteiger partial charge in [-0.3, -0.25) is 9.59 Å². The quantitative estimate of drug-likeness (QED) is 0.888. The predicted molar refractivity (Wildman–Crippen MR) is 80.4 cm³/mol. The van der Waals surface area contributed by atoms with Crippen LogP contribution in [-0.2, 0) is 9.59 Å². The molecule has 2 rings (SSSR count). The number of hydrogen-bond acceptors (Lipinski definition) is 2. The number of anilines is 2. The minimum atomic E-state index is -0.422. The van der Waals surface area contributed by atoms with Crippen LogP contribution in [0.2, 0.25) is 0 Å². The molecule has 1 aliphatic rings. The van der Waals surface area contributed by atoms with Gasteiger partial charge in [-0.05, 0) is 36.6 Å². The normalized spacial score (nSPS) is 21.2. The molecule has 108 valence electrons. The molecule has 2 N–H and O–H groups in total. The van der Waals surface area contributed by atoms with Crippen molar-refractivity contribution in [3.8, 4) is 0 Å². The van der Waals surface area contributed by atoms with E-state index in [1.165, 1.54) is 0 Å². The van der Waals surface area contributed by atoms with Gasteiger partial charge >= 0.3 is 0 Å². The summed E-state index contributed by atoms with van der Waals surface area (Å²) in [5.41, 5.74) is 1.08. The van der Waals surface area contributed by atoms with Crippen molar-refractivity contribution in [1.82, 2.24) is 0 Å². The van der Waals surface area contributed by atoms with Gasteiger partial charge in [0.1, 0.15) is 0 Å². The molecule has 1 saturated carbocycles. The summed E-state index contributed by atoms with van der Waals surface area (Å²) < 4.78 is 0. The Hall–Kier alpha value is -1.84. The molecule has 1 aromatic carbocycles. The van der Waals surface area contributed by atoms with E-state index in [2.05, 4.69) is 17.6 Å². The lowest BCUT2D eigenvalue weighted by Gasteiger charge is -2.17. The van der Waals surface area contributed by atoms with Gasteiger partial charge in [-0.2, -0.15) is 0 Å². The zero-order chi connectivity index (χ0) is 14.9. The monoisotopic (exact) mass is 274 g/mol. The summed E-state index contributed by atoms with van der Waals surface area (Å²) in [6.45, 7) is 7.69. The molecule has 4 nitrogen and oxygen atoms in total. The van der Waals surface area contributed by atoms with E-state index in [0.717, 1.165) is 17.8 Å². The van der Waals surface area contributed by atoms with Gasteiger partial charge in [0.05, 0.1) is 0 Å². The van der Waals surface area contributed by atoms with E-state index in [9.17, 15) is 9.59 Å². The van der Waals surface area contributed by atoms with Gasteiger partial charge in [-0.1, -0.05) is 27.7 Å². The summed E-state index contributed by atoms with van der Waals surface area (Å²) >= 11 is 0. The molecule has 0 aliphatic heterocycles. The molecule has 0 aromatic heterocycles.